The van der Waals surface area contributed by atoms with E-state index < -0.39 is 0 Å². The van der Waals surface area contributed by atoms with Crippen LogP contribution in [0.25, 0.3) is 0 Å². The highest BCUT2D eigenvalue weighted by atomic mass is 79.9. The fraction of sp³-hybridized carbons (Fsp3) is 0.222. The van der Waals surface area contributed by atoms with Crippen molar-refractivity contribution >= 4 is 33.1 Å². The molecule has 1 aromatic rings. The van der Waals surface area contributed by atoms with Crippen LogP contribution in [0.2, 0.25) is 0 Å². The molecule has 0 amide bonds. The van der Waals surface area contributed by atoms with Gasteiger partial charge in [0.1, 0.15) is 0 Å². The van der Waals surface area contributed by atoms with Gasteiger partial charge in [0.15, 0.2) is 5.78 Å². The number of nitrogens with two attached hydrogens (primary N) is 2. The smallest absolute Gasteiger partial charge is 0.175 e. The topological polar surface area (TPSA) is 69.1 Å². The molecule has 0 spiro atoms. The second-order valence-electron chi connectivity index (χ2n) is 2.81. The van der Waals surface area contributed by atoms with E-state index >= 15 is 0 Å². The van der Waals surface area contributed by atoms with E-state index in [0.717, 1.165) is 5.56 Å². The summed E-state index contributed by atoms with van der Waals surface area (Å²) >= 11 is 3.08. The average Bonchev–Trinajstić information content (AvgIpc) is 2.13. The predicted molar refractivity (Wildman–Crippen MR) is 58.1 cm³/mol. The molecule has 0 radical (unpaired) electrons. The van der Waals surface area contributed by atoms with E-state index in [9.17, 15) is 4.79 Å². The lowest BCUT2D eigenvalue weighted by atomic mass is 10.0. The number of alkyl halides is 1. The van der Waals surface area contributed by atoms with Crippen LogP contribution in [0.1, 0.15) is 15.9 Å². The minimum absolute atomic E-state index is 0.0517. The molecule has 0 atom stereocenters. The number of ketones is 1. The van der Waals surface area contributed by atoms with E-state index in [1.807, 2.05) is 6.92 Å². The number of rotatable bonds is 2. The van der Waals surface area contributed by atoms with Gasteiger partial charge in [-0.25, -0.2) is 0 Å². The van der Waals surface area contributed by atoms with E-state index in [1.54, 1.807) is 12.1 Å². The molecule has 0 saturated carbocycles. The lowest BCUT2D eigenvalue weighted by Crippen LogP contribution is -2.08. The molecule has 3 nitrogen and oxygen atoms in total. The number of hydrogen-bond acceptors (Lipinski definition) is 3. The number of anilines is 2. The molecule has 1 aromatic carbocycles. The first-order valence-corrected chi connectivity index (χ1v) is 4.93. The molecule has 0 aromatic heterocycles. The van der Waals surface area contributed by atoms with Gasteiger partial charge in [-0.3, -0.25) is 4.79 Å². The highest BCUT2D eigenvalue weighted by Crippen LogP contribution is 2.24. The van der Waals surface area contributed by atoms with Crippen LogP contribution in [0, 0.1) is 6.92 Å². The normalized spacial score (nSPS) is 10.0. The standard InChI is InChI=1S/C9H11BrN2O/c1-5-2-3-6(7(13)4-10)9(12)8(5)11/h2-3H,4,11-12H2,1H3. The quantitative estimate of drug-likeness (QED) is 0.472. The van der Waals surface area contributed by atoms with E-state index in [4.69, 9.17) is 11.5 Å². The Bertz CT molecular complexity index is 350. The number of benzene rings is 1. The summed E-state index contributed by atoms with van der Waals surface area (Å²) in [5.74, 6) is -0.0517. The van der Waals surface area contributed by atoms with Crippen LogP contribution in [0.3, 0.4) is 0 Å². The van der Waals surface area contributed by atoms with E-state index in [1.165, 1.54) is 0 Å². The van der Waals surface area contributed by atoms with Crippen LogP contribution >= 0.6 is 15.9 Å². The summed E-state index contributed by atoms with van der Waals surface area (Å²) < 4.78 is 0. The Morgan fingerprint density at radius 2 is 2.00 bits per heavy atom. The first-order chi connectivity index (χ1) is 6.07. The third kappa shape index (κ3) is 1.83. The molecule has 0 unspecified atom stereocenters. The summed E-state index contributed by atoms with van der Waals surface area (Å²) in [6, 6.07) is 3.49. The maximum atomic E-state index is 11.3. The Morgan fingerprint density at radius 1 is 1.38 bits per heavy atom. The molecule has 0 aliphatic heterocycles. The summed E-state index contributed by atoms with van der Waals surface area (Å²) in [5.41, 5.74) is 13.6. The van der Waals surface area contributed by atoms with Crippen molar-refractivity contribution in [2.75, 3.05) is 16.8 Å². The highest BCUT2D eigenvalue weighted by molar-refractivity contribution is 9.09. The molecule has 0 fully saturated rings. The molecule has 1 rings (SSSR count). The molecule has 0 saturated heterocycles. The van der Waals surface area contributed by atoms with Crippen LogP contribution in [0.15, 0.2) is 12.1 Å². The van der Waals surface area contributed by atoms with Gasteiger partial charge in [-0.1, -0.05) is 22.0 Å². The number of nitrogen functional groups attached to an aromatic ring is 2. The van der Waals surface area contributed by atoms with Gasteiger partial charge in [0.25, 0.3) is 0 Å². The van der Waals surface area contributed by atoms with Gasteiger partial charge >= 0.3 is 0 Å². The SMILES string of the molecule is Cc1ccc(C(=O)CBr)c(N)c1N. The molecular formula is C9H11BrN2O. The van der Waals surface area contributed by atoms with Crippen LogP contribution in [0.4, 0.5) is 11.4 Å². The lowest BCUT2D eigenvalue weighted by Gasteiger charge is -2.08. The number of halogens is 1. The molecule has 13 heavy (non-hydrogen) atoms. The van der Waals surface area contributed by atoms with Crippen molar-refractivity contribution in [2.45, 2.75) is 6.92 Å². The van der Waals surface area contributed by atoms with Crippen molar-refractivity contribution in [2.24, 2.45) is 0 Å². The number of Topliss-reactive ketones (excluding diaryl/α,β-unsaturated/α-hetero) is 1. The Labute approximate surface area is 85.2 Å². The first-order valence-electron chi connectivity index (χ1n) is 3.81. The number of carbonyl (C=O) groups is 1. The van der Waals surface area contributed by atoms with Gasteiger partial charge in [0, 0.05) is 5.56 Å². The van der Waals surface area contributed by atoms with Gasteiger partial charge in [-0.15, -0.1) is 0 Å². The number of hydrogen-bond donors (Lipinski definition) is 2. The van der Waals surface area contributed by atoms with Gasteiger partial charge in [0.05, 0.1) is 16.7 Å². The van der Waals surface area contributed by atoms with E-state index in [0.29, 0.717) is 16.9 Å². The maximum Gasteiger partial charge on any atom is 0.175 e. The third-order valence-electron chi connectivity index (χ3n) is 1.93. The largest absolute Gasteiger partial charge is 0.397 e. The molecule has 4 heteroatoms. The highest BCUT2D eigenvalue weighted by Gasteiger charge is 2.11. The first kappa shape index (κ1) is 10.1. The van der Waals surface area contributed by atoms with Crippen LogP contribution < -0.4 is 11.5 Å². The van der Waals surface area contributed by atoms with E-state index in [2.05, 4.69) is 15.9 Å². The zero-order chi connectivity index (χ0) is 10.0. The van der Waals surface area contributed by atoms with Gasteiger partial charge < -0.3 is 11.5 Å². The van der Waals surface area contributed by atoms with Gasteiger partial charge in [-0.2, -0.15) is 0 Å². The average molecular weight is 243 g/mol. The van der Waals surface area contributed by atoms with Crippen molar-refractivity contribution in [3.63, 3.8) is 0 Å². The summed E-state index contributed by atoms with van der Waals surface area (Å²) in [7, 11) is 0. The summed E-state index contributed by atoms with van der Waals surface area (Å²) in [4.78, 5) is 11.3. The number of aryl methyl sites for hydroxylation is 1. The molecular weight excluding hydrogens is 232 g/mol. The zero-order valence-electron chi connectivity index (χ0n) is 7.30. The van der Waals surface area contributed by atoms with Crippen LogP contribution in [0.5, 0.6) is 0 Å². The Balaban J connectivity index is 3.26. The molecule has 0 aliphatic rings. The van der Waals surface area contributed by atoms with Crippen molar-refractivity contribution in [1.82, 2.24) is 0 Å². The molecule has 70 valence electrons. The molecule has 4 N–H and O–H groups in total. The van der Waals surface area contributed by atoms with Crippen molar-refractivity contribution < 1.29 is 4.79 Å². The second kappa shape index (κ2) is 3.79. The monoisotopic (exact) mass is 242 g/mol. The number of carbonyl (C=O) groups excluding carboxylic acids is 1. The Hall–Kier alpha value is -1.03. The minimum Gasteiger partial charge on any atom is -0.397 e. The Kier molecular flexibility index (Phi) is 2.93. The second-order valence-corrected chi connectivity index (χ2v) is 3.37. The van der Waals surface area contributed by atoms with Gasteiger partial charge in [0.2, 0.25) is 0 Å². The summed E-state index contributed by atoms with van der Waals surface area (Å²) in [6.45, 7) is 1.86. The van der Waals surface area contributed by atoms with Gasteiger partial charge in [-0.05, 0) is 18.6 Å². The molecule has 0 bridgehead atoms. The lowest BCUT2D eigenvalue weighted by molar-refractivity contribution is 0.102. The molecule has 0 aliphatic carbocycles. The molecule has 0 heterocycles. The van der Waals surface area contributed by atoms with Crippen molar-refractivity contribution in [3.8, 4) is 0 Å². The van der Waals surface area contributed by atoms with Crippen molar-refractivity contribution in [3.05, 3.63) is 23.3 Å². The predicted octanol–water partition coefficient (Wildman–Crippen LogP) is 1.74. The minimum atomic E-state index is -0.0517. The maximum absolute atomic E-state index is 11.3. The van der Waals surface area contributed by atoms with Crippen molar-refractivity contribution in [1.29, 1.82) is 0 Å². The van der Waals surface area contributed by atoms with Crippen LogP contribution in [-0.4, -0.2) is 11.1 Å². The summed E-state index contributed by atoms with van der Waals surface area (Å²) in [5, 5.41) is 0.264. The van der Waals surface area contributed by atoms with Crippen LogP contribution in [-0.2, 0) is 0 Å². The fourth-order valence-electron chi connectivity index (χ4n) is 1.06. The third-order valence-corrected chi connectivity index (χ3v) is 2.44. The Morgan fingerprint density at radius 3 is 2.54 bits per heavy atom. The fourth-order valence-corrected chi connectivity index (χ4v) is 1.36. The zero-order valence-corrected chi connectivity index (χ0v) is 8.89. The summed E-state index contributed by atoms with van der Waals surface area (Å²) in [6.07, 6.45) is 0. The van der Waals surface area contributed by atoms with E-state index in [-0.39, 0.29) is 11.1 Å².